The number of rotatable bonds is 7. The summed E-state index contributed by atoms with van der Waals surface area (Å²) in [4.78, 5) is 17.1. The molecule has 2 aromatic carbocycles. The third kappa shape index (κ3) is 5.81. The Kier molecular flexibility index (Phi) is 7.12. The molecule has 1 aliphatic heterocycles. The molecule has 0 saturated carbocycles. The van der Waals surface area contributed by atoms with Gasteiger partial charge >= 0.3 is 0 Å². The molecule has 0 spiro atoms. The van der Waals surface area contributed by atoms with Crippen LogP contribution in [-0.4, -0.2) is 59.0 Å². The number of carbonyl (C=O) groups is 1. The highest BCUT2D eigenvalue weighted by molar-refractivity contribution is 7.89. The van der Waals surface area contributed by atoms with Crippen molar-refractivity contribution in [3.05, 3.63) is 53.6 Å². The summed E-state index contributed by atoms with van der Waals surface area (Å²) in [6.07, 6.45) is 0.0603. The van der Waals surface area contributed by atoms with E-state index in [0.29, 0.717) is 0 Å². The Morgan fingerprint density at radius 3 is 2.30 bits per heavy atom. The molecule has 1 aliphatic rings. The van der Waals surface area contributed by atoms with Crippen LogP contribution >= 0.6 is 0 Å². The van der Waals surface area contributed by atoms with E-state index in [0.717, 1.165) is 48.7 Å². The van der Waals surface area contributed by atoms with Crippen molar-refractivity contribution in [2.45, 2.75) is 25.2 Å². The molecule has 1 fully saturated rings. The van der Waals surface area contributed by atoms with E-state index < -0.39 is 10.0 Å². The van der Waals surface area contributed by atoms with Gasteiger partial charge in [-0.05, 0) is 56.8 Å². The molecule has 162 valence electrons. The fraction of sp³-hybridized carbons (Fsp3) is 0.409. The number of amides is 1. The molecule has 0 bridgehead atoms. The van der Waals surface area contributed by atoms with Crippen LogP contribution in [-0.2, 0) is 14.8 Å². The van der Waals surface area contributed by atoms with Crippen molar-refractivity contribution in [2.24, 2.45) is 0 Å². The van der Waals surface area contributed by atoms with Crippen LogP contribution in [0.3, 0.4) is 0 Å². The summed E-state index contributed by atoms with van der Waals surface area (Å²) in [7, 11) is -1.49. The first-order valence-corrected chi connectivity index (χ1v) is 11.6. The van der Waals surface area contributed by atoms with Crippen LogP contribution in [0.5, 0.6) is 0 Å². The van der Waals surface area contributed by atoms with E-state index in [4.69, 9.17) is 0 Å². The maximum Gasteiger partial charge on any atom is 0.240 e. The number of carbonyl (C=O) groups excluding carboxylic acids is 1. The number of nitrogens with zero attached hydrogens (tertiary/aromatic N) is 2. The molecule has 0 atom stereocenters. The first-order valence-electron chi connectivity index (χ1n) is 10.1. The smallest absolute Gasteiger partial charge is 0.240 e. The summed E-state index contributed by atoms with van der Waals surface area (Å²) >= 11 is 0. The Balaban J connectivity index is 1.51. The largest absolute Gasteiger partial charge is 0.369 e. The Hall–Kier alpha value is -2.42. The van der Waals surface area contributed by atoms with Crippen molar-refractivity contribution < 1.29 is 13.2 Å². The van der Waals surface area contributed by atoms with Crippen molar-refractivity contribution in [3.8, 4) is 0 Å². The predicted molar refractivity (Wildman–Crippen MR) is 121 cm³/mol. The zero-order valence-electron chi connectivity index (χ0n) is 17.8. The van der Waals surface area contributed by atoms with Crippen LogP contribution in [0.1, 0.15) is 17.5 Å². The highest BCUT2D eigenvalue weighted by atomic mass is 32.2. The molecule has 0 radical (unpaired) electrons. The minimum absolute atomic E-state index is 0.0421. The number of likely N-dealkylation sites (N-methyl/N-ethyl adjacent to an activating group) is 1. The molecular weight excluding hydrogens is 400 g/mol. The molecule has 1 heterocycles. The quantitative estimate of drug-likeness (QED) is 0.705. The van der Waals surface area contributed by atoms with Crippen molar-refractivity contribution in [2.75, 3.05) is 50.0 Å². The van der Waals surface area contributed by atoms with Gasteiger partial charge in [0.05, 0.1) is 4.90 Å². The highest BCUT2D eigenvalue weighted by Crippen LogP contribution is 2.23. The number of sulfonamides is 1. The Morgan fingerprint density at radius 1 is 1.00 bits per heavy atom. The number of piperazine rings is 1. The van der Waals surface area contributed by atoms with Crippen LogP contribution < -0.4 is 14.9 Å². The van der Waals surface area contributed by atoms with Crippen molar-refractivity contribution >= 4 is 27.3 Å². The first kappa shape index (κ1) is 22.3. The normalized spacial score (nSPS) is 15.2. The van der Waals surface area contributed by atoms with Crippen LogP contribution in [0.4, 0.5) is 11.4 Å². The molecule has 3 rings (SSSR count). The zero-order valence-corrected chi connectivity index (χ0v) is 18.6. The molecule has 0 aromatic heterocycles. The average molecular weight is 431 g/mol. The van der Waals surface area contributed by atoms with E-state index in [9.17, 15) is 13.2 Å². The van der Waals surface area contributed by atoms with Crippen LogP contribution in [0, 0.1) is 13.8 Å². The van der Waals surface area contributed by atoms with Gasteiger partial charge in [-0.1, -0.05) is 17.7 Å². The van der Waals surface area contributed by atoms with Gasteiger partial charge in [0, 0.05) is 50.5 Å². The number of nitrogens with one attached hydrogen (secondary N) is 2. The van der Waals surface area contributed by atoms with Gasteiger partial charge in [0.15, 0.2) is 0 Å². The van der Waals surface area contributed by atoms with Gasteiger partial charge in [-0.2, -0.15) is 0 Å². The first-order chi connectivity index (χ1) is 14.2. The molecule has 0 unspecified atom stereocenters. The summed E-state index contributed by atoms with van der Waals surface area (Å²) in [6.45, 7) is 7.96. The van der Waals surface area contributed by atoms with E-state index in [1.165, 1.54) is 0 Å². The molecule has 1 amide bonds. The number of aryl methyl sites for hydroxylation is 2. The van der Waals surface area contributed by atoms with Crippen molar-refractivity contribution in [3.63, 3.8) is 0 Å². The number of benzene rings is 2. The lowest BCUT2D eigenvalue weighted by atomic mass is 10.1. The van der Waals surface area contributed by atoms with E-state index in [1.807, 2.05) is 26.0 Å². The SMILES string of the molecule is Cc1ccc(S(=O)(=O)NCCC(=O)Nc2ccc(N3CCN(C)CC3)cc2C)cc1. The second-order valence-corrected chi connectivity index (χ2v) is 9.57. The third-order valence-electron chi connectivity index (χ3n) is 5.33. The summed E-state index contributed by atoms with van der Waals surface area (Å²) in [5.41, 5.74) is 3.88. The van der Waals surface area contributed by atoms with Gasteiger partial charge in [0.1, 0.15) is 0 Å². The Labute approximate surface area is 179 Å². The number of hydrogen-bond donors (Lipinski definition) is 2. The molecular formula is C22H30N4O3S. The summed E-state index contributed by atoms with van der Waals surface area (Å²) < 4.78 is 27.1. The van der Waals surface area contributed by atoms with E-state index in [1.54, 1.807) is 24.3 Å². The van der Waals surface area contributed by atoms with E-state index in [-0.39, 0.29) is 23.8 Å². The van der Waals surface area contributed by atoms with Crippen LogP contribution in [0.15, 0.2) is 47.4 Å². The second-order valence-electron chi connectivity index (χ2n) is 7.80. The maximum absolute atomic E-state index is 12.3. The topological polar surface area (TPSA) is 81.7 Å². The lowest BCUT2D eigenvalue weighted by Crippen LogP contribution is -2.44. The third-order valence-corrected chi connectivity index (χ3v) is 6.80. The number of anilines is 2. The van der Waals surface area contributed by atoms with Gasteiger partial charge in [-0.3, -0.25) is 4.79 Å². The summed E-state index contributed by atoms with van der Waals surface area (Å²) in [5, 5.41) is 2.88. The summed E-state index contributed by atoms with van der Waals surface area (Å²) in [6, 6.07) is 12.6. The minimum Gasteiger partial charge on any atom is -0.369 e. The van der Waals surface area contributed by atoms with Gasteiger partial charge < -0.3 is 15.1 Å². The molecule has 8 heteroatoms. The van der Waals surface area contributed by atoms with Crippen molar-refractivity contribution in [1.29, 1.82) is 0 Å². The lowest BCUT2D eigenvalue weighted by molar-refractivity contribution is -0.116. The predicted octanol–water partition coefficient (Wildman–Crippen LogP) is 2.36. The Morgan fingerprint density at radius 2 is 1.67 bits per heavy atom. The standard InChI is InChI=1S/C22H30N4O3S/c1-17-4-7-20(8-5-17)30(28,29)23-11-10-22(27)24-21-9-6-19(16-18(21)2)26-14-12-25(3)13-15-26/h4-9,16,23H,10-15H2,1-3H3,(H,24,27). The minimum atomic E-state index is -3.61. The monoisotopic (exact) mass is 430 g/mol. The molecule has 7 nitrogen and oxygen atoms in total. The number of hydrogen-bond acceptors (Lipinski definition) is 5. The van der Waals surface area contributed by atoms with Crippen LogP contribution in [0.25, 0.3) is 0 Å². The van der Waals surface area contributed by atoms with Gasteiger partial charge in [-0.15, -0.1) is 0 Å². The highest BCUT2D eigenvalue weighted by Gasteiger charge is 2.16. The molecule has 0 aliphatic carbocycles. The zero-order chi connectivity index (χ0) is 21.7. The molecule has 2 aromatic rings. The molecule has 1 saturated heterocycles. The fourth-order valence-electron chi connectivity index (χ4n) is 3.36. The average Bonchev–Trinajstić information content (AvgIpc) is 2.70. The maximum atomic E-state index is 12.3. The second kappa shape index (κ2) is 9.59. The van der Waals surface area contributed by atoms with Gasteiger partial charge in [0.2, 0.25) is 15.9 Å². The van der Waals surface area contributed by atoms with Crippen molar-refractivity contribution in [1.82, 2.24) is 9.62 Å². The molecule has 2 N–H and O–H groups in total. The lowest BCUT2D eigenvalue weighted by Gasteiger charge is -2.34. The summed E-state index contributed by atoms with van der Waals surface area (Å²) in [5.74, 6) is -0.225. The van der Waals surface area contributed by atoms with Crippen LogP contribution in [0.2, 0.25) is 0 Å². The fourth-order valence-corrected chi connectivity index (χ4v) is 4.39. The van der Waals surface area contributed by atoms with E-state index >= 15 is 0 Å². The van der Waals surface area contributed by atoms with Gasteiger partial charge in [-0.25, -0.2) is 13.1 Å². The Bertz CT molecular complexity index is 982. The molecule has 30 heavy (non-hydrogen) atoms. The van der Waals surface area contributed by atoms with E-state index in [2.05, 4.69) is 33.0 Å². The van der Waals surface area contributed by atoms with Gasteiger partial charge in [0.25, 0.3) is 0 Å².